The van der Waals surface area contributed by atoms with Crippen molar-refractivity contribution < 1.29 is 5.11 Å². The molecule has 2 heterocycles. The topological polar surface area (TPSA) is 84.1 Å². The summed E-state index contributed by atoms with van der Waals surface area (Å²) in [4.78, 5) is 1.46. The van der Waals surface area contributed by atoms with Gasteiger partial charge < -0.3 is 10.8 Å². The van der Waals surface area contributed by atoms with Crippen LogP contribution in [0.5, 0.6) is 0 Å². The Balaban J connectivity index is 1.79. The predicted molar refractivity (Wildman–Crippen MR) is 98.9 cm³/mol. The van der Waals surface area contributed by atoms with Crippen LogP contribution >= 0.6 is 11.3 Å². The first-order valence-electron chi connectivity index (χ1n) is 8.02. The van der Waals surface area contributed by atoms with Crippen LogP contribution in [-0.2, 0) is 13.0 Å². The summed E-state index contributed by atoms with van der Waals surface area (Å²) in [6, 6.07) is 8.37. The molecular weight excluding hydrogens is 320 g/mol. The Labute approximate surface area is 145 Å². The van der Waals surface area contributed by atoms with Crippen molar-refractivity contribution in [2.75, 3.05) is 5.73 Å². The van der Waals surface area contributed by atoms with E-state index in [4.69, 9.17) is 5.73 Å². The summed E-state index contributed by atoms with van der Waals surface area (Å²) in [5.41, 5.74) is 11.1. The largest absolute Gasteiger partial charge is 0.397 e. The van der Waals surface area contributed by atoms with E-state index >= 15 is 0 Å². The first kappa shape index (κ1) is 16.8. The highest BCUT2D eigenvalue weighted by molar-refractivity contribution is 7.19. The van der Waals surface area contributed by atoms with Crippen LogP contribution in [0.25, 0.3) is 10.2 Å². The van der Waals surface area contributed by atoms with E-state index in [0.717, 1.165) is 33.5 Å². The summed E-state index contributed by atoms with van der Waals surface area (Å²) < 4.78 is 0. The summed E-state index contributed by atoms with van der Waals surface area (Å²) in [7, 11) is 0. The lowest BCUT2D eigenvalue weighted by Gasteiger charge is -2.12. The number of nitrogen functional groups attached to an aromatic ring is 1. The van der Waals surface area contributed by atoms with E-state index in [1.807, 2.05) is 13.8 Å². The minimum atomic E-state index is -0.824. The third-order valence-electron chi connectivity index (χ3n) is 4.34. The monoisotopic (exact) mass is 342 g/mol. The molecular formula is C18H22N4OS. The second-order valence-corrected chi connectivity index (χ2v) is 6.95. The van der Waals surface area contributed by atoms with Gasteiger partial charge in [0, 0.05) is 11.9 Å². The zero-order valence-corrected chi connectivity index (χ0v) is 14.9. The molecule has 0 aliphatic rings. The number of aromatic nitrogens is 2. The maximum absolute atomic E-state index is 10.5. The van der Waals surface area contributed by atoms with Gasteiger partial charge in [0.15, 0.2) is 0 Å². The number of nitrogens with two attached hydrogens (primary N) is 1. The van der Waals surface area contributed by atoms with Crippen molar-refractivity contribution in [1.29, 1.82) is 0 Å². The van der Waals surface area contributed by atoms with Crippen molar-refractivity contribution >= 4 is 27.2 Å². The van der Waals surface area contributed by atoms with E-state index in [-0.39, 0.29) is 0 Å². The molecule has 1 atom stereocenters. The van der Waals surface area contributed by atoms with Gasteiger partial charge in [0.05, 0.1) is 16.3 Å². The number of nitrogens with one attached hydrogen (secondary N) is 1. The predicted octanol–water partition coefficient (Wildman–Crippen LogP) is 3.23. The average Bonchev–Trinajstić information content (AvgIpc) is 2.94. The van der Waals surface area contributed by atoms with Gasteiger partial charge in [-0.2, -0.15) is 5.10 Å². The van der Waals surface area contributed by atoms with Crippen molar-refractivity contribution in [3.8, 4) is 0 Å². The average molecular weight is 342 g/mol. The molecule has 0 fully saturated rings. The normalized spacial score (nSPS) is 12.7. The van der Waals surface area contributed by atoms with Gasteiger partial charge in [-0.25, -0.2) is 0 Å². The lowest BCUT2D eigenvalue weighted by Crippen LogP contribution is -2.20. The number of rotatable bonds is 5. The molecule has 0 saturated heterocycles. The highest BCUT2D eigenvalue weighted by Gasteiger charge is 2.19. The van der Waals surface area contributed by atoms with E-state index in [1.165, 1.54) is 16.9 Å². The number of fused-ring (bicyclic) bond motifs is 1. The minimum absolute atomic E-state index is 0.572. The molecule has 1 aromatic carbocycles. The minimum Gasteiger partial charge on any atom is -0.397 e. The Morgan fingerprint density at radius 1 is 1.17 bits per heavy atom. The lowest BCUT2D eigenvalue weighted by atomic mass is 10.1. The standard InChI is InChI=1S/C18H22N4OS/c1-4-12-5-7-13(8-6-12)9-20-17(23)16-15(19)14-10(2)11(3)21-22-18(14)24-16/h5-8,17,20,23H,4,9,19H2,1-3H3. The summed E-state index contributed by atoms with van der Waals surface area (Å²) >= 11 is 1.38. The van der Waals surface area contributed by atoms with Gasteiger partial charge in [-0.1, -0.05) is 31.2 Å². The van der Waals surface area contributed by atoms with Gasteiger partial charge in [-0.15, -0.1) is 16.4 Å². The van der Waals surface area contributed by atoms with Gasteiger partial charge >= 0.3 is 0 Å². The van der Waals surface area contributed by atoms with Crippen LogP contribution in [0.3, 0.4) is 0 Å². The molecule has 24 heavy (non-hydrogen) atoms. The quantitative estimate of drug-likeness (QED) is 0.620. The Hall–Kier alpha value is -2.02. The lowest BCUT2D eigenvalue weighted by molar-refractivity contribution is 0.141. The molecule has 0 spiro atoms. The number of hydrogen-bond donors (Lipinski definition) is 3. The fraction of sp³-hybridized carbons (Fsp3) is 0.333. The zero-order valence-electron chi connectivity index (χ0n) is 14.1. The Bertz CT molecular complexity index is 858. The van der Waals surface area contributed by atoms with Gasteiger partial charge in [0.2, 0.25) is 0 Å². The molecule has 126 valence electrons. The number of aliphatic hydroxyl groups excluding tert-OH is 1. The van der Waals surface area contributed by atoms with Gasteiger partial charge in [0.1, 0.15) is 11.1 Å². The number of benzene rings is 1. The van der Waals surface area contributed by atoms with Crippen LogP contribution in [0.1, 0.15) is 40.4 Å². The summed E-state index contributed by atoms with van der Waals surface area (Å²) in [5.74, 6) is 0. The molecule has 0 amide bonds. The number of aliphatic hydroxyl groups is 1. The highest BCUT2D eigenvalue weighted by atomic mass is 32.1. The fourth-order valence-corrected chi connectivity index (χ4v) is 3.72. The molecule has 6 heteroatoms. The third kappa shape index (κ3) is 3.13. The Kier molecular flexibility index (Phi) is 4.80. The molecule has 0 bridgehead atoms. The van der Waals surface area contributed by atoms with E-state index < -0.39 is 6.23 Å². The molecule has 1 unspecified atom stereocenters. The van der Waals surface area contributed by atoms with Gasteiger partial charge in [0.25, 0.3) is 0 Å². The van der Waals surface area contributed by atoms with Gasteiger partial charge in [-0.3, -0.25) is 5.32 Å². The summed E-state index contributed by atoms with van der Waals surface area (Å²) in [6.07, 6.45) is 0.198. The molecule has 0 saturated carbocycles. The first-order valence-corrected chi connectivity index (χ1v) is 8.84. The molecule has 4 N–H and O–H groups in total. The SMILES string of the molecule is CCc1ccc(CNC(O)c2sc3nnc(C)c(C)c3c2N)cc1. The number of hydrogen-bond acceptors (Lipinski definition) is 6. The molecule has 3 aromatic rings. The van der Waals surface area contributed by atoms with Crippen molar-refractivity contribution in [3.05, 3.63) is 51.5 Å². The summed E-state index contributed by atoms with van der Waals surface area (Å²) in [5, 5.41) is 22.8. The fourth-order valence-electron chi connectivity index (χ4n) is 2.66. The number of anilines is 1. The molecule has 0 aliphatic heterocycles. The van der Waals surface area contributed by atoms with Crippen LogP contribution in [0.15, 0.2) is 24.3 Å². The number of nitrogens with zero attached hydrogens (tertiary/aromatic N) is 2. The van der Waals surface area contributed by atoms with Crippen molar-refractivity contribution in [3.63, 3.8) is 0 Å². The van der Waals surface area contributed by atoms with E-state index in [1.54, 1.807) is 0 Å². The summed E-state index contributed by atoms with van der Waals surface area (Å²) in [6.45, 7) is 6.60. The van der Waals surface area contributed by atoms with Crippen molar-refractivity contribution in [2.45, 2.75) is 40.0 Å². The number of thiophene rings is 1. The van der Waals surface area contributed by atoms with E-state index in [0.29, 0.717) is 17.1 Å². The van der Waals surface area contributed by atoms with Crippen LogP contribution in [-0.4, -0.2) is 15.3 Å². The van der Waals surface area contributed by atoms with Gasteiger partial charge in [-0.05, 0) is 37.0 Å². The molecule has 0 radical (unpaired) electrons. The zero-order chi connectivity index (χ0) is 17.3. The van der Waals surface area contributed by atoms with Crippen molar-refractivity contribution in [2.24, 2.45) is 0 Å². The third-order valence-corrected chi connectivity index (χ3v) is 5.49. The second kappa shape index (κ2) is 6.84. The maximum atomic E-state index is 10.5. The van der Waals surface area contributed by atoms with Crippen LogP contribution in [0.2, 0.25) is 0 Å². The van der Waals surface area contributed by atoms with Crippen LogP contribution in [0, 0.1) is 13.8 Å². The Morgan fingerprint density at radius 3 is 2.50 bits per heavy atom. The second-order valence-electron chi connectivity index (χ2n) is 5.92. The Morgan fingerprint density at radius 2 is 1.83 bits per heavy atom. The smallest absolute Gasteiger partial charge is 0.148 e. The molecule has 3 rings (SSSR count). The molecule has 5 nitrogen and oxygen atoms in total. The molecule has 2 aromatic heterocycles. The van der Waals surface area contributed by atoms with Crippen molar-refractivity contribution in [1.82, 2.24) is 15.5 Å². The van der Waals surface area contributed by atoms with E-state index in [9.17, 15) is 5.11 Å². The van der Waals surface area contributed by atoms with Crippen LogP contribution in [0.4, 0.5) is 5.69 Å². The first-order chi connectivity index (χ1) is 11.5. The molecule has 0 aliphatic carbocycles. The maximum Gasteiger partial charge on any atom is 0.148 e. The highest BCUT2D eigenvalue weighted by Crippen LogP contribution is 2.37. The number of aryl methyl sites for hydroxylation is 3. The van der Waals surface area contributed by atoms with Crippen LogP contribution < -0.4 is 11.1 Å². The van der Waals surface area contributed by atoms with E-state index in [2.05, 4.69) is 46.7 Å².